The molecule has 2 aliphatic rings. The summed E-state index contributed by atoms with van der Waals surface area (Å²) in [6.07, 6.45) is 6.44. The van der Waals surface area contributed by atoms with Crippen LogP contribution in [0.25, 0.3) is 10.2 Å². The number of thioether (sulfide) groups is 1. The average Bonchev–Trinajstić information content (AvgIpc) is 3.46. The highest BCUT2D eigenvalue weighted by atomic mass is 32.2. The van der Waals surface area contributed by atoms with Gasteiger partial charge >= 0.3 is 0 Å². The monoisotopic (exact) mass is 483 g/mol. The SMILES string of the molecule is CN(C)C(=O)c1cccc(CSc2nc3sc4c(c3c(=O)n2CC2CCCO2)CCCC4)c1. The second-order valence-corrected chi connectivity index (χ2v) is 11.1. The first-order chi connectivity index (χ1) is 16.0. The van der Waals surface area contributed by atoms with E-state index in [-0.39, 0.29) is 17.6 Å². The van der Waals surface area contributed by atoms with Crippen LogP contribution in [0.3, 0.4) is 0 Å². The largest absolute Gasteiger partial charge is 0.376 e. The molecule has 0 bridgehead atoms. The Bertz CT molecular complexity index is 1240. The third-order valence-corrected chi connectivity index (χ3v) is 8.63. The molecule has 2 aromatic heterocycles. The van der Waals surface area contributed by atoms with Gasteiger partial charge in [0.05, 0.1) is 18.0 Å². The zero-order valence-corrected chi connectivity index (χ0v) is 20.8. The van der Waals surface area contributed by atoms with Crippen LogP contribution in [0.15, 0.2) is 34.2 Å². The van der Waals surface area contributed by atoms with Gasteiger partial charge < -0.3 is 9.64 Å². The molecular formula is C25H29N3O3S2. The normalized spacial score (nSPS) is 17.9. The molecule has 1 unspecified atom stereocenters. The quantitative estimate of drug-likeness (QED) is 0.381. The Balaban J connectivity index is 1.49. The topological polar surface area (TPSA) is 64.4 Å². The summed E-state index contributed by atoms with van der Waals surface area (Å²) in [5.41, 5.74) is 3.01. The van der Waals surface area contributed by atoms with Crippen LogP contribution in [-0.2, 0) is 29.9 Å². The summed E-state index contributed by atoms with van der Waals surface area (Å²) in [4.78, 5) is 34.9. The van der Waals surface area contributed by atoms with Gasteiger partial charge in [-0.05, 0) is 61.8 Å². The number of ether oxygens (including phenoxy) is 1. The highest BCUT2D eigenvalue weighted by Crippen LogP contribution is 2.35. The van der Waals surface area contributed by atoms with Crippen molar-refractivity contribution in [2.75, 3.05) is 20.7 Å². The van der Waals surface area contributed by atoms with Gasteiger partial charge in [-0.3, -0.25) is 14.2 Å². The summed E-state index contributed by atoms with van der Waals surface area (Å²) >= 11 is 3.26. The molecule has 33 heavy (non-hydrogen) atoms. The Hall–Kier alpha value is -2.16. The molecule has 0 spiro atoms. The predicted molar refractivity (Wildman–Crippen MR) is 134 cm³/mol. The Labute approximate surface area is 202 Å². The number of carbonyl (C=O) groups is 1. The number of thiophene rings is 1. The standard InChI is InChI=1S/C25H29N3O3S2/c1-27(2)23(29)17-8-5-7-16(13-17)15-32-25-26-22-21(19-10-3-4-11-20(19)33-22)24(30)28(25)14-18-9-6-12-31-18/h5,7-8,13,18H,3-4,6,9-12,14-15H2,1-2H3. The molecule has 174 valence electrons. The van der Waals surface area contributed by atoms with Crippen molar-refractivity contribution in [3.05, 3.63) is 56.2 Å². The highest BCUT2D eigenvalue weighted by molar-refractivity contribution is 7.98. The predicted octanol–water partition coefficient (Wildman–Crippen LogP) is 4.51. The van der Waals surface area contributed by atoms with E-state index in [0.29, 0.717) is 17.9 Å². The average molecular weight is 484 g/mol. The fraction of sp³-hybridized carbons (Fsp3) is 0.480. The minimum atomic E-state index is -0.0131. The van der Waals surface area contributed by atoms with Crippen LogP contribution in [0.1, 0.15) is 52.0 Å². The smallest absolute Gasteiger partial charge is 0.263 e. The van der Waals surface area contributed by atoms with E-state index < -0.39 is 0 Å². The van der Waals surface area contributed by atoms with Gasteiger partial charge in [-0.1, -0.05) is 23.9 Å². The van der Waals surface area contributed by atoms with E-state index in [1.165, 1.54) is 16.9 Å². The Morgan fingerprint density at radius 2 is 2.12 bits per heavy atom. The van der Waals surface area contributed by atoms with Crippen molar-refractivity contribution in [2.24, 2.45) is 0 Å². The van der Waals surface area contributed by atoms with Gasteiger partial charge in [-0.15, -0.1) is 11.3 Å². The third-order valence-electron chi connectivity index (χ3n) is 6.40. The molecule has 1 aliphatic carbocycles. The molecule has 0 saturated carbocycles. The van der Waals surface area contributed by atoms with Gasteiger partial charge in [0.25, 0.3) is 11.5 Å². The Morgan fingerprint density at radius 1 is 1.27 bits per heavy atom. The second-order valence-electron chi connectivity index (χ2n) is 9.02. The molecule has 1 aromatic carbocycles. The molecule has 3 aromatic rings. The molecule has 3 heterocycles. The summed E-state index contributed by atoms with van der Waals surface area (Å²) in [6, 6.07) is 7.70. The van der Waals surface area contributed by atoms with Gasteiger partial charge in [-0.2, -0.15) is 0 Å². The number of amides is 1. The first-order valence-corrected chi connectivity index (χ1v) is 13.4. The zero-order valence-electron chi connectivity index (χ0n) is 19.1. The molecule has 1 amide bonds. The van der Waals surface area contributed by atoms with E-state index >= 15 is 0 Å². The van der Waals surface area contributed by atoms with E-state index in [0.717, 1.165) is 59.6 Å². The maximum atomic E-state index is 13.7. The van der Waals surface area contributed by atoms with Crippen LogP contribution < -0.4 is 5.56 Å². The van der Waals surface area contributed by atoms with Gasteiger partial charge in [0.2, 0.25) is 0 Å². The van der Waals surface area contributed by atoms with Crippen LogP contribution in [0.2, 0.25) is 0 Å². The summed E-state index contributed by atoms with van der Waals surface area (Å²) < 4.78 is 7.71. The number of hydrogen-bond acceptors (Lipinski definition) is 6. The van der Waals surface area contributed by atoms with Crippen LogP contribution in [0, 0.1) is 0 Å². The van der Waals surface area contributed by atoms with E-state index in [2.05, 4.69) is 0 Å². The minimum absolute atomic E-state index is 0.0131. The van der Waals surface area contributed by atoms with E-state index in [4.69, 9.17) is 9.72 Å². The van der Waals surface area contributed by atoms with E-state index in [1.54, 1.807) is 42.1 Å². The van der Waals surface area contributed by atoms with Crippen molar-refractivity contribution < 1.29 is 9.53 Å². The lowest BCUT2D eigenvalue weighted by atomic mass is 9.97. The first kappa shape index (κ1) is 22.6. The number of rotatable bonds is 6. The van der Waals surface area contributed by atoms with Crippen molar-refractivity contribution in [2.45, 2.75) is 62.1 Å². The molecule has 6 nitrogen and oxygen atoms in total. The lowest BCUT2D eigenvalue weighted by Crippen LogP contribution is -2.29. The number of hydrogen-bond donors (Lipinski definition) is 0. The van der Waals surface area contributed by atoms with Crippen LogP contribution in [0.5, 0.6) is 0 Å². The van der Waals surface area contributed by atoms with Crippen molar-refractivity contribution in [3.8, 4) is 0 Å². The van der Waals surface area contributed by atoms with Crippen molar-refractivity contribution in [3.63, 3.8) is 0 Å². The van der Waals surface area contributed by atoms with Gasteiger partial charge in [0.1, 0.15) is 4.83 Å². The first-order valence-electron chi connectivity index (χ1n) is 11.6. The zero-order chi connectivity index (χ0) is 22.9. The van der Waals surface area contributed by atoms with Gasteiger partial charge in [-0.25, -0.2) is 4.98 Å². The fourth-order valence-electron chi connectivity index (χ4n) is 4.68. The van der Waals surface area contributed by atoms with Crippen molar-refractivity contribution in [1.82, 2.24) is 14.5 Å². The number of aryl methyl sites for hydroxylation is 2. The Kier molecular flexibility index (Phi) is 6.58. The van der Waals surface area contributed by atoms with Crippen LogP contribution in [-0.4, -0.2) is 47.2 Å². The van der Waals surface area contributed by atoms with Gasteiger partial charge in [0, 0.05) is 36.9 Å². The lowest BCUT2D eigenvalue weighted by molar-refractivity contribution is 0.0827. The molecule has 0 radical (unpaired) electrons. The van der Waals surface area contributed by atoms with Crippen molar-refractivity contribution >= 4 is 39.2 Å². The molecule has 5 rings (SSSR count). The third kappa shape index (κ3) is 4.61. The number of carbonyl (C=O) groups excluding carboxylic acids is 1. The molecular weight excluding hydrogens is 454 g/mol. The van der Waals surface area contributed by atoms with Crippen molar-refractivity contribution in [1.29, 1.82) is 0 Å². The molecule has 1 fully saturated rings. The summed E-state index contributed by atoms with van der Waals surface area (Å²) in [7, 11) is 3.51. The molecule has 0 N–H and O–H groups in total. The summed E-state index contributed by atoms with van der Waals surface area (Å²) in [5.74, 6) is 0.629. The Morgan fingerprint density at radius 3 is 2.91 bits per heavy atom. The molecule has 1 saturated heterocycles. The number of benzene rings is 1. The molecule has 1 atom stereocenters. The highest BCUT2D eigenvalue weighted by Gasteiger charge is 2.25. The molecule has 8 heteroatoms. The number of aromatic nitrogens is 2. The van der Waals surface area contributed by atoms with Gasteiger partial charge in [0.15, 0.2) is 5.16 Å². The van der Waals surface area contributed by atoms with E-state index in [9.17, 15) is 9.59 Å². The number of nitrogens with zero attached hydrogens (tertiary/aromatic N) is 3. The molecule has 1 aliphatic heterocycles. The van der Waals surface area contributed by atoms with E-state index in [1.807, 2.05) is 28.8 Å². The second kappa shape index (κ2) is 9.60. The summed E-state index contributed by atoms with van der Waals surface area (Å²) in [5, 5.41) is 1.57. The van der Waals surface area contributed by atoms with Crippen LogP contribution >= 0.6 is 23.1 Å². The summed E-state index contributed by atoms with van der Waals surface area (Å²) in [6.45, 7) is 1.31. The lowest BCUT2D eigenvalue weighted by Gasteiger charge is -2.16. The maximum absolute atomic E-state index is 13.7. The fourth-order valence-corrected chi connectivity index (χ4v) is 6.94. The maximum Gasteiger partial charge on any atom is 0.263 e. The number of fused-ring (bicyclic) bond motifs is 3. The van der Waals surface area contributed by atoms with Crippen LogP contribution in [0.4, 0.5) is 0 Å². The minimum Gasteiger partial charge on any atom is -0.376 e.